The number of nitrogens with zero attached hydrogens (tertiary/aromatic N) is 1. The molecule has 2 nitrogen and oxygen atoms in total. The number of aromatic nitrogens is 1. The molecule has 0 aliphatic carbocycles. The highest BCUT2D eigenvalue weighted by molar-refractivity contribution is 9.10. The molecule has 0 radical (unpaired) electrons. The first kappa shape index (κ1) is 14.7. The van der Waals surface area contributed by atoms with Crippen molar-refractivity contribution in [3.05, 3.63) is 28.5 Å². The van der Waals surface area contributed by atoms with Crippen LogP contribution in [0.25, 0.3) is 0 Å². The Labute approximate surface area is 113 Å². The van der Waals surface area contributed by atoms with Gasteiger partial charge < -0.3 is 5.11 Å². The largest absolute Gasteiger partial charge is 0.387 e. The zero-order valence-electron chi connectivity index (χ0n) is 10.5. The third-order valence-corrected chi connectivity index (χ3v) is 3.35. The lowest BCUT2D eigenvalue weighted by Gasteiger charge is -2.10. The molecule has 3 heteroatoms. The molecular formula is C14H22BrNO. The Morgan fingerprint density at radius 3 is 2.59 bits per heavy atom. The monoisotopic (exact) mass is 299 g/mol. The van der Waals surface area contributed by atoms with Gasteiger partial charge in [0.05, 0.1) is 11.8 Å². The summed E-state index contributed by atoms with van der Waals surface area (Å²) in [6, 6.07) is 5.67. The molecule has 0 bridgehead atoms. The lowest BCUT2D eigenvalue weighted by Crippen LogP contribution is -2.00. The molecule has 17 heavy (non-hydrogen) atoms. The first-order chi connectivity index (χ1) is 8.24. The summed E-state index contributed by atoms with van der Waals surface area (Å²) in [5, 5.41) is 9.96. The Morgan fingerprint density at radius 1 is 1.18 bits per heavy atom. The van der Waals surface area contributed by atoms with Crippen LogP contribution in [-0.4, -0.2) is 10.1 Å². The number of rotatable bonds is 8. The molecule has 1 aromatic heterocycles. The van der Waals surface area contributed by atoms with Crippen LogP contribution in [0.3, 0.4) is 0 Å². The molecule has 1 aromatic rings. The van der Waals surface area contributed by atoms with Gasteiger partial charge in [0.25, 0.3) is 0 Å². The number of halogens is 1. The molecule has 0 saturated carbocycles. The van der Waals surface area contributed by atoms with E-state index < -0.39 is 6.10 Å². The molecule has 96 valence electrons. The molecule has 1 N–H and O–H groups in total. The van der Waals surface area contributed by atoms with E-state index in [0.717, 1.165) is 23.1 Å². The summed E-state index contributed by atoms with van der Waals surface area (Å²) in [6.07, 6.45) is 7.91. The first-order valence-electron chi connectivity index (χ1n) is 6.54. The minimum atomic E-state index is -0.418. The molecule has 0 saturated heterocycles. The second kappa shape index (κ2) is 8.65. The summed E-state index contributed by atoms with van der Waals surface area (Å²) in [4.78, 5) is 4.27. The van der Waals surface area contributed by atoms with Crippen LogP contribution in [0.5, 0.6) is 0 Å². The summed E-state index contributed by atoms with van der Waals surface area (Å²) < 4.78 is 0.789. The minimum absolute atomic E-state index is 0.418. The van der Waals surface area contributed by atoms with E-state index in [4.69, 9.17) is 0 Å². The van der Waals surface area contributed by atoms with Gasteiger partial charge in [0.1, 0.15) is 4.60 Å². The molecule has 1 rings (SSSR count). The Morgan fingerprint density at radius 2 is 1.88 bits per heavy atom. The highest BCUT2D eigenvalue weighted by Crippen LogP contribution is 2.20. The highest BCUT2D eigenvalue weighted by atomic mass is 79.9. The third-order valence-electron chi connectivity index (χ3n) is 2.91. The van der Waals surface area contributed by atoms with Gasteiger partial charge in [-0.05, 0) is 34.5 Å². The van der Waals surface area contributed by atoms with Crippen molar-refractivity contribution in [1.82, 2.24) is 4.98 Å². The molecule has 0 fully saturated rings. The third kappa shape index (κ3) is 6.18. The quantitative estimate of drug-likeness (QED) is 0.561. The van der Waals surface area contributed by atoms with Crippen molar-refractivity contribution in [2.24, 2.45) is 0 Å². The fraction of sp³-hybridized carbons (Fsp3) is 0.643. The number of aliphatic hydroxyl groups is 1. The average molecular weight is 300 g/mol. The van der Waals surface area contributed by atoms with E-state index in [9.17, 15) is 5.11 Å². The Kier molecular flexibility index (Phi) is 7.45. The van der Waals surface area contributed by atoms with E-state index in [1.165, 1.54) is 32.1 Å². The zero-order valence-corrected chi connectivity index (χ0v) is 12.1. The highest BCUT2D eigenvalue weighted by Gasteiger charge is 2.08. The van der Waals surface area contributed by atoms with Crippen molar-refractivity contribution in [1.29, 1.82) is 0 Å². The summed E-state index contributed by atoms with van der Waals surface area (Å²) in [5.41, 5.74) is 0.771. The minimum Gasteiger partial charge on any atom is -0.387 e. The van der Waals surface area contributed by atoms with Crippen molar-refractivity contribution < 1.29 is 5.11 Å². The van der Waals surface area contributed by atoms with Crippen LogP contribution < -0.4 is 0 Å². The summed E-state index contributed by atoms with van der Waals surface area (Å²) >= 11 is 3.32. The molecule has 1 heterocycles. The predicted molar refractivity (Wildman–Crippen MR) is 74.9 cm³/mol. The Hall–Kier alpha value is -0.410. The van der Waals surface area contributed by atoms with Crippen molar-refractivity contribution in [2.75, 3.05) is 0 Å². The molecule has 0 aliphatic rings. The molecule has 1 atom stereocenters. The average Bonchev–Trinajstić information content (AvgIpc) is 2.33. The molecule has 0 amide bonds. The SMILES string of the molecule is CCCCCCCCC(O)c1cccc(Br)n1. The van der Waals surface area contributed by atoms with E-state index in [1.54, 1.807) is 0 Å². The van der Waals surface area contributed by atoms with Crippen LogP contribution in [0.2, 0.25) is 0 Å². The number of hydrogen-bond donors (Lipinski definition) is 1. The fourth-order valence-electron chi connectivity index (χ4n) is 1.88. The summed E-state index contributed by atoms with van der Waals surface area (Å²) in [6.45, 7) is 2.22. The van der Waals surface area contributed by atoms with Crippen molar-refractivity contribution in [3.63, 3.8) is 0 Å². The summed E-state index contributed by atoms with van der Waals surface area (Å²) in [7, 11) is 0. The van der Waals surface area contributed by atoms with Gasteiger partial charge in [0.15, 0.2) is 0 Å². The van der Waals surface area contributed by atoms with Gasteiger partial charge in [-0.2, -0.15) is 0 Å². The van der Waals surface area contributed by atoms with Crippen molar-refractivity contribution in [3.8, 4) is 0 Å². The van der Waals surface area contributed by atoms with Crippen LogP contribution in [0.4, 0.5) is 0 Å². The fourth-order valence-corrected chi connectivity index (χ4v) is 2.23. The van der Waals surface area contributed by atoms with Gasteiger partial charge in [-0.1, -0.05) is 51.5 Å². The maximum Gasteiger partial charge on any atom is 0.106 e. The molecule has 0 aromatic carbocycles. The van der Waals surface area contributed by atoms with E-state index in [2.05, 4.69) is 27.8 Å². The number of hydrogen-bond acceptors (Lipinski definition) is 2. The lowest BCUT2D eigenvalue weighted by atomic mass is 10.1. The summed E-state index contributed by atoms with van der Waals surface area (Å²) in [5.74, 6) is 0. The van der Waals surface area contributed by atoms with Gasteiger partial charge in [-0.3, -0.25) is 0 Å². The molecule has 1 unspecified atom stereocenters. The molecule has 0 spiro atoms. The number of aliphatic hydroxyl groups excluding tert-OH is 1. The molecular weight excluding hydrogens is 278 g/mol. The molecule has 0 aliphatic heterocycles. The topological polar surface area (TPSA) is 33.1 Å². The van der Waals surface area contributed by atoms with Crippen molar-refractivity contribution >= 4 is 15.9 Å². The maximum atomic E-state index is 9.96. The standard InChI is InChI=1S/C14H22BrNO/c1-2-3-4-5-6-7-10-13(17)12-9-8-11-14(15)16-12/h8-9,11,13,17H,2-7,10H2,1H3. The van der Waals surface area contributed by atoms with Gasteiger partial charge in [0.2, 0.25) is 0 Å². The van der Waals surface area contributed by atoms with Crippen LogP contribution in [0.1, 0.15) is 63.7 Å². The van der Waals surface area contributed by atoms with Crippen LogP contribution >= 0.6 is 15.9 Å². The maximum absolute atomic E-state index is 9.96. The van der Waals surface area contributed by atoms with Crippen LogP contribution in [0, 0.1) is 0 Å². The van der Waals surface area contributed by atoms with Gasteiger partial charge in [-0.15, -0.1) is 0 Å². The van der Waals surface area contributed by atoms with Gasteiger partial charge >= 0.3 is 0 Å². The predicted octanol–water partition coefficient (Wildman–Crippen LogP) is 4.63. The van der Waals surface area contributed by atoms with E-state index in [1.807, 2.05) is 18.2 Å². The zero-order chi connectivity index (χ0) is 12.5. The van der Waals surface area contributed by atoms with E-state index in [-0.39, 0.29) is 0 Å². The van der Waals surface area contributed by atoms with Crippen molar-refractivity contribution in [2.45, 2.75) is 58.0 Å². The Balaban J connectivity index is 2.19. The van der Waals surface area contributed by atoms with Gasteiger partial charge in [0, 0.05) is 0 Å². The van der Waals surface area contributed by atoms with Crippen LogP contribution in [0.15, 0.2) is 22.8 Å². The number of unbranched alkanes of at least 4 members (excludes halogenated alkanes) is 5. The second-order valence-electron chi connectivity index (χ2n) is 4.46. The lowest BCUT2D eigenvalue weighted by molar-refractivity contribution is 0.158. The Bertz CT molecular complexity index is 317. The van der Waals surface area contributed by atoms with Gasteiger partial charge in [-0.25, -0.2) is 4.98 Å². The van der Waals surface area contributed by atoms with E-state index in [0.29, 0.717) is 0 Å². The smallest absolute Gasteiger partial charge is 0.106 e. The second-order valence-corrected chi connectivity index (χ2v) is 5.27. The number of pyridine rings is 1. The van der Waals surface area contributed by atoms with Crippen LogP contribution in [-0.2, 0) is 0 Å². The normalized spacial score (nSPS) is 12.6. The van der Waals surface area contributed by atoms with E-state index >= 15 is 0 Å². The first-order valence-corrected chi connectivity index (χ1v) is 7.34.